The molecule has 0 fully saturated rings. The number of hydrogen-bond acceptors (Lipinski definition) is 1. The standard InChI is InChI=1S/C24H25NO/c1-4-10-21-17(7-1)18-8-2-5-11-22(18)25(21)16-13-14-24-20(15-16)19-9-3-6-12-23(19)26-24/h1-2,6-8,12,15-16,24H,3-5,9-11,13-14H2. The van der Waals surface area contributed by atoms with Crippen LogP contribution in [0.3, 0.4) is 0 Å². The van der Waals surface area contributed by atoms with Gasteiger partial charge in [0.15, 0.2) is 0 Å². The van der Waals surface area contributed by atoms with Crippen LogP contribution in [0.4, 0.5) is 0 Å². The van der Waals surface area contributed by atoms with Gasteiger partial charge in [0.05, 0.1) is 6.04 Å². The Morgan fingerprint density at radius 3 is 2.27 bits per heavy atom. The van der Waals surface area contributed by atoms with Crippen LogP contribution in [0.1, 0.15) is 67.1 Å². The van der Waals surface area contributed by atoms with E-state index in [9.17, 15) is 0 Å². The molecular weight excluding hydrogens is 318 g/mol. The molecule has 1 aromatic rings. The number of ether oxygens (including phenoxy) is 1. The van der Waals surface area contributed by atoms with Crippen LogP contribution in [0.25, 0.3) is 12.2 Å². The molecule has 5 aliphatic rings. The van der Waals surface area contributed by atoms with Crippen molar-refractivity contribution in [2.24, 2.45) is 0 Å². The normalized spacial score (nSPS) is 28.2. The summed E-state index contributed by atoms with van der Waals surface area (Å²) in [5, 5.41) is 0. The molecule has 2 unspecified atom stereocenters. The van der Waals surface area contributed by atoms with Crippen molar-refractivity contribution < 1.29 is 4.74 Å². The zero-order valence-corrected chi connectivity index (χ0v) is 15.2. The maximum atomic E-state index is 6.25. The van der Waals surface area contributed by atoms with E-state index in [0.717, 1.165) is 25.0 Å². The second-order valence-electron chi connectivity index (χ2n) is 8.13. The lowest BCUT2D eigenvalue weighted by molar-refractivity contribution is 0.154. The van der Waals surface area contributed by atoms with Crippen LogP contribution in [0, 0.1) is 0 Å². The third-order valence-electron chi connectivity index (χ3n) is 6.68. The number of aromatic nitrogens is 1. The Balaban J connectivity index is 1.49. The third kappa shape index (κ3) is 2.05. The first-order valence-corrected chi connectivity index (χ1v) is 10.3. The lowest BCUT2D eigenvalue weighted by Gasteiger charge is -2.29. The first-order chi connectivity index (χ1) is 12.9. The smallest absolute Gasteiger partial charge is 0.124 e. The van der Waals surface area contributed by atoms with Gasteiger partial charge in [-0.25, -0.2) is 0 Å². The summed E-state index contributed by atoms with van der Waals surface area (Å²) in [6.07, 6.45) is 26.1. The first kappa shape index (κ1) is 14.9. The molecule has 2 heteroatoms. The average molecular weight is 343 g/mol. The van der Waals surface area contributed by atoms with Gasteiger partial charge in [0.2, 0.25) is 0 Å². The summed E-state index contributed by atoms with van der Waals surface area (Å²) in [5.74, 6) is 1.15. The van der Waals surface area contributed by atoms with E-state index in [-0.39, 0.29) is 0 Å². The Bertz CT molecular complexity index is 894. The van der Waals surface area contributed by atoms with Gasteiger partial charge in [0, 0.05) is 28.1 Å². The Kier molecular flexibility index (Phi) is 3.23. The van der Waals surface area contributed by atoms with Gasteiger partial charge in [0.25, 0.3) is 0 Å². The fraction of sp³-hybridized carbons (Fsp3) is 0.417. The van der Waals surface area contributed by atoms with Crippen molar-refractivity contribution in [3.8, 4) is 0 Å². The van der Waals surface area contributed by atoms with Crippen molar-refractivity contribution in [1.82, 2.24) is 4.57 Å². The molecule has 0 aromatic carbocycles. The van der Waals surface area contributed by atoms with Crippen molar-refractivity contribution in [3.05, 3.63) is 69.8 Å². The molecule has 0 bridgehead atoms. The molecule has 0 saturated heterocycles. The molecule has 2 atom stereocenters. The second-order valence-corrected chi connectivity index (χ2v) is 8.13. The van der Waals surface area contributed by atoms with Crippen LogP contribution < -0.4 is 0 Å². The quantitative estimate of drug-likeness (QED) is 0.641. The first-order valence-electron chi connectivity index (χ1n) is 10.3. The number of allylic oxidation sites excluding steroid dienone is 5. The maximum absolute atomic E-state index is 6.25. The predicted molar refractivity (Wildman–Crippen MR) is 106 cm³/mol. The van der Waals surface area contributed by atoms with E-state index in [2.05, 4.69) is 47.1 Å². The summed E-state index contributed by atoms with van der Waals surface area (Å²) < 4.78 is 8.97. The fourth-order valence-electron chi connectivity index (χ4n) is 5.55. The third-order valence-corrected chi connectivity index (χ3v) is 6.68. The monoisotopic (exact) mass is 343 g/mol. The molecule has 1 aliphatic heterocycles. The van der Waals surface area contributed by atoms with Gasteiger partial charge >= 0.3 is 0 Å². The summed E-state index contributed by atoms with van der Waals surface area (Å²) in [6, 6.07) is 0.498. The topological polar surface area (TPSA) is 14.2 Å². The molecular formula is C24H25NO. The SMILES string of the molecule is C1=CC2=C(CC1)C1=CC(n3c4c(c5c3CCC=C5)C=CCC4)CCC1O2. The van der Waals surface area contributed by atoms with Crippen molar-refractivity contribution in [2.45, 2.75) is 63.5 Å². The van der Waals surface area contributed by atoms with Crippen LogP contribution in [-0.2, 0) is 17.6 Å². The van der Waals surface area contributed by atoms with E-state index in [1.165, 1.54) is 54.4 Å². The van der Waals surface area contributed by atoms with Gasteiger partial charge in [-0.05, 0) is 63.0 Å². The molecule has 132 valence electrons. The van der Waals surface area contributed by atoms with Crippen LogP contribution in [-0.4, -0.2) is 10.7 Å². The molecule has 6 rings (SSSR count). The highest BCUT2D eigenvalue weighted by molar-refractivity contribution is 5.72. The van der Waals surface area contributed by atoms with Gasteiger partial charge in [-0.2, -0.15) is 0 Å². The highest BCUT2D eigenvalue weighted by atomic mass is 16.5. The summed E-state index contributed by atoms with van der Waals surface area (Å²) >= 11 is 0. The van der Waals surface area contributed by atoms with Gasteiger partial charge in [-0.1, -0.05) is 36.5 Å². The summed E-state index contributed by atoms with van der Waals surface area (Å²) in [6.45, 7) is 0. The number of fused-ring (bicyclic) bond motifs is 5. The minimum absolute atomic E-state index is 0.306. The van der Waals surface area contributed by atoms with E-state index in [1.54, 1.807) is 11.4 Å². The predicted octanol–water partition coefficient (Wildman–Crippen LogP) is 5.67. The number of hydrogen-bond donors (Lipinski definition) is 0. The fourth-order valence-corrected chi connectivity index (χ4v) is 5.55. The second kappa shape index (κ2) is 5.64. The zero-order chi connectivity index (χ0) is 17.1. The van der Waals surface area contributed by atoms with Crippen molar-refractivity contribution in [2.75, 3.05) is 0 Å². The van der Waals surface area contributed by atoms with E-state index in [0.29, 0.717) is 12.1 Å². The van der Waals surface area contributed by atoms with Crippen LogP contribution >= 0.6 is 0 Å². The minimum atomic E-state index is 0.306. The molecule has 4 aliphatic carbocycles. The van der Waals surface area contributed by atoms with Gasteiger partial charge in [-0.3, -0.25) is 0 Å². The molecule has 0 amide bonds. The van der Waals surface area contributed by atoms with Crippen molar-refractivity contribution >= 4 is 12.2 Å². The highest BCUT2D eigenvalue weighted by Crippen LogP contribution is 2.45. The summed E-state index contributed by atoms with van der Waals surface area (Å²) in [7, 11) is 0. The Hall–Kier alpha value is -2.22. The summed E-state index contributed by atoms with van der Waals surface area (Å²) in [5.41, 5.74) is 9.10. The maximum Gasteiger partial charge on any atom is 0.124 e. The van der Waals surface area contributed by atoms with Crippen LogP contribution in [0.5, 0.6) is 0 Å². The zero-order valence-electron chi connectivity index (χ0n) is 15.2. The van der Waals surface area contributed by atoms with Crippen LogP contribution in [0.15, 0.2) is 47.3 Å². The molecule has 0 N–H and O–H groups in total. The highest BCUT2D eigenvalue weighted by Gasteiger charge is 2.36. The Morgan fingerprint density at radius 1 is 0.808 bits per heavy atom. The average Bonchev–Trinajstić information content (AvgIpc) is 3.23. The molecule has 1 aromatic heterocycles. The Morgan fingerprint density at radius 2 is 1.50 bits per heavy atom. The minimum Gasteiger partial charge on any atom is -0.485 e. The lowest BCUT2D eigenvalue weighted by atomic mass is 9.86. The number of nitrogens with zero attached hydrogens (tertiary/aromatic N) is 1. The molecule has 26 heavy (non-hydrogen) atoms. The van der Waals surface area contributed by atoms with E-state index < -0.39 is 0 Å². The molecule has 0 radical (unpaired) electrons. The van der Waals surface area contributed by atoms with Crippen molar-refractivity contribution in [3.63, 3.8) is 0 Å². The molecule has 2 heterocycles. The van der Waals surface area contributed by atoms with E-state index >= 15 is 0 Å². The van der Waals surface area contributed by atoms with Gasteiger partial charge in [0.1, 0.15) is 11.9 Å². The van der Waals surface area contributed by atoms with Gasteiger partial charge in [-0.15, -0.1) is 0 Å². The lowest BCUT2D eigenvalue weighted by Crippen LogP contribution is -2.23. The molecule has 0 spiro atoms. The largest absolute Gasteiger partial charge is 0.485 e. The van der Waals surface area contributed by atoms with E-state index in [1.807, 2.05) is 0 Å². The molecule has 2 nitrogen and oxygen atoms in total. The summed E-state index contributed by atoms with van der Waals surface area (Å²) in [4.78, 5) is 0. The van der Waals surface area contributed by atoms with Gasteiger partial charge < -0.3 is 9.30 Å². The van der Waals surface area contributed by atoms with E-state index in [4.69, 9.17) is 4.74 Å². The Labute approximate surface area is 155 Å². The number of rotatable bonds is 1. The van der Waals surface area contributed by atoms with Crippen molar-refractivity contribution in [1.29, 1.82) is 0 Å². The molecule has 0 saturated carbocycles. The van der Waals surface area contributed by atoms with Crippen LogP contribution in [0.2, 0.25) is 0 Å².